The molecule has 0 aliphatic heterocycles. The van der Waals surface area contributed by atoms with Gasteiger partial charge < -0.3 is 15.3 Å². The number of carbonyl (C=O) groups is 3. The lowest BCUT2D eigenvalue weighted by Crippen LogP contribution is -2.50. The summed E-state index contributed by atoms with van der Waals surface area (Å²) in [7, 11) is 0. The van der Waals surface area contributed by atoms with Crippen LogP contribution in [0, 0.1) is 0 Å². The summed E-state index contributed by atoms with van der Waals surface area (Å²) in [5, 5.41) is 11.5. The highest BCUT2D eigenvalue weighted by molar-refractivity contribution is 7.98. The Bertz CT molecular complexity index is 336. The number of aliphatic carboxylic acids is 1. The molecular formula is C13H24N2O4S. The Morgan fingerprint density at radius 2 is 1.95 bits per heavy atom. The van der Waals surface area contributed by atoms with E-state index in [-0.39, 0.29) is 18.4 Å². The van der Waals surface area contributed by atoms with Gasteiger partial charge in [0, 0.05) is 13.0 Å². The minimum Gasteiger partial charge on any atom is -0.480 e. The Kier molecular flexibility index (Phi) is 9.88. The average molecular weight is 304 g/mol. The second kappa shape index (κ2) is 10.5. The second-order valence-corrected chi connectivity index (χ2v) is 5.39. The molecule has 116 valence electrons. The smallest absolute Gasteiger partial charge is 0.323 e. The van der Waals surface area contributed by atoms with Gasteiger partial charge in [-0.3, -0.25) is 14.4 Å². The van der Waals surface area contributed by atoms with Crippen LogP contribution in [0.15, 0.2) is 0 Å². The molecule has 0 aliphatic carbocycles. The van der Waals surface area contributed by atoms with Crippen LogP contribution in [0.5, 0.6) is 0 Å². The standard InChI is InChI=1S/C13H24N2O4S/c1-4-7-15(9-12(17)18)13(19)10(6-8-20-3)14-11(16)5-2/h10H,4-9H2,1-3H3,(H,14,16)(H,17,18). The summed E-state index contributed by atoms with van der Waals surface area (Å²) in [6.07, 6.45) is 3.40. The van der Waals surface area contributed by atoms with E-state index in [2.05, 4.69) is 5.32 Å². The Hall–Kier alpha value is -1.24. The minimum atomic E-state index is -1.04. The van der Waals surface area contributed by atoms with Crippen LogP contribution >= 0.6 is 11.8 Å². The zero-order chi connectivity index (χ0) is 15.5. The number of hydrogen-bond donors (Lipinski definition) is 2. The van der Waals surface area contributed by atoms with Crippen LogP contribution in [-0.2, 0) is 14.4 Å². The molecule has 2 amide bonds. The highest BCUT2D eigenvalue weighted by Gasteiger charge is 2.26. The van der Waals surface area contributed by atoms with E-state index in [1.54, 1.807) is 18.7 Å². The Morgan fingerprint density at radius 1 is 1.30 bits per heavy atom. The highest BCUT2D eigenvalue weighted by atomic mass is 32.2. The number of amides is 2. The molecule has 0 heterocycles. The van der Waals surface area contributed by atoms with Crippen molar-refractivity contribution in [1.82, 2.24) is 10.2 Å². The molecule has 0 aromatic rings. The first-order valence-corrected chi connectivity index (χ1v) is 8.14. The summed E-state index contributed by atoms with van der Waals surface area (Å²) >= 11 is 1.58. The molecule has 2 N–H and O–H groups in total. The van der Waals surface area contributed by atoms with Crippen LogP contribution in [-0.4, -0.2) is 58.9 Å². The molecule has 0 rings (SSSR count). The Labute approximate surface area is 124 Å². The zero-order valence-corrected chi connectivity index (χ0v) is 13.2. The number of nitrogens with one attached hydrogen (secondary N) is 1. The maximum absolute atomic E-state index is 12.4. The molecule has 0 aliphatic rings. The van der Waals surface area contributed by atoms with E-state index in [0.717, 1.165) is 5.75 Å². The van der Waals surface area contributed by atoms with E-state index in [1.807, 2.05) is 13.2 Å². The molecule has 0 saturated heterocycles. The fraction of sp³-hybridized carbons (Fsp3) is 0.769. The zero-order valence-electron chi connectivity index (χ0n) is 12.3. The van der Waals surface area contributed by atoms with Crippen LogP contribution < -0.4 is 5.32 Å². The minimum absolute atomic E-state index is 0.198. The number of hydrogen-bond acceptors (Lipinski definition) is 4. The fourth-order valence-corrected chi connectivity index (χ4v) is 2.18. The number of nitrogens with zero attached hydrogens (tertiary/aromatic N) is 1. The molecule has 0 radical (unpaired) electrons. The molecule has 6 nitrogen and oxygen atoms in total. The quantitative estimate of drug-likeness (QED) is 0.628. The van der Waals surface area contributed by atoms with E-state index in [4.69, 9.17) is 5.11 Å². The molecular weight excluding hydrogens is 280 g/mol. The third-order valence-electron chi connectivity index (χ3n) is 2.70. The van der Waals surface area contributed by atoms with Crippen molar-refractivity contribution in [1.29, 1.82) is 0 Å². The number of rotatable bonds is 10. The van der Waals surface area contributed by atoms with Gasteiger partial charge >= 0.3 is 5.97 Å². The summed E-state index contributed by atoms with van der Waals surface area (Å²) in [4.78, 5) is 36.0. The van der Waals surface area contributed by atoms with Gasteiger partial charge in [0.2, 0.25) is 11.8 Å². The highest BCUT2D eigenvalue weighted by Crippen LogP contribution is 2.06. The van der Waals surface area contributed by atoms with Gasteiger partial charge in [-0.25, -0.2) is 0 Å². The van der Waals surface area contributed by atoms with Crippen molar-refractivity contribution >= 4 is 29.5 Å². The van der Waals surface area contributed by atoms with Gasteiger partial charge in [0.25, 0.3) is 0 Å². The third kappa shape index (κ3) is 7.37. The van der Waals surface area contributed by atoms with Gasteiger partial charge in [-0.15, -0.1) is 0 Å². The largest absolute Gasteiger partial charge is 0.480 e. The molecule has 7 heteroatoms. The second-order valence-electron chi connectivity index (χ2n) is 4.41. The van der Waals surface area contributed by atoms with E-state index >= 15 is 0 Å². The summed E-state index contributed by atoms with van der Waals surface area (Å²) in [6.45, 7) is 3.64. The lowest BCUT2D eigenvalue weighted by Gasteiger charge is -2.26. The first-order valence-electron chi connectivity index (χ1n) is 6.75. The number of thioether (sulfide) groups is 1. The summed E-state index contributed by atoms with van der Waals surface area (Å²) < 4.78 is 0. The maximum atomic E-state index is 12.4. The van der Waals surface area contributed by atoms with E-state index in [9.17, 15) is 14.4 Å². The number of carboxylic acid groups (broad SMARTS) is 1. The van der Waals surface area contributed by atoms with Crippen molar-refractivity contribution in [2.45, 2.75) is 39.2 Å². The van der Waals surface area contributed by atoms with Crippen molar-refractivity contribution in [3.63, 3.8) is 0 Å². The molecule has 0 aromatic heterocycles. The molecule has 0 spiro atoms. The first kappa shape index (κ1) is 18.8. The van der Waals surface area contributed by atoms with Crippen LogP contribution in [0.25, 0.3) is 0 Å². The van der Waals surface area contributed by atoms with E-state index in [0.29, 0.717) is 25.8 Å². The normalized spacial score (nSPS) is 11.8. The number of carboxylic acids is 1. The van der Waals surface area contributed by atoms with Gasteiger partial charge in [-0.1, -0.05) is 13.8 Å². The molecule has 1 unspecified atom stereocenters. The number of carbonyl (C=O) groups excluding carboxylic acids is 2. The van der Waals surface area contributed by atoms with Gasteiger partial charge in [0.1, 0.15) is 12.6 Å². The first-order chi connectivity index (χ1) is 9.46. The topological polar surface area (TPSA) is 86.7 Å². The van der Waals surface area contributed by atoms with Crippen molar-refractivity contribution in [2.75, 3.05) is 25.1 Å². The molecule has 0 fully saturated rings. The lowest BCUT2D eigenvalue weighted by molar-refractivity contribution is -0.145. The molecule has 0 bridgehead atoms. The van der Waals surface area contributed by atoms with Crippen LogP contribution in [0.4, 0.5) is 0 Å². The molecule has 0 saturated carbocycles. The SMILES string of the molecule is CCCN(CC(=O)O)C(=O)C(CCSC)NC(=O)CC. The Balaban J connectivity index is 4.84. The lowest BCUT2D eigenvalue weighted by atomic mass is 10.1. The monoisotopic (exact) mass is 304 g/mol. The maximum Gasteiger partial charge on any atom is 0.323 e. The van der Waals surface area contributed by atoms with Gasteiger partial charge in [0.05, 0.1) is 0 Å². The third-order valence-corrected chi connectivity index (χ3v) is 3.34. The fourth-order valence-electron chi connectivity index (χ4n) is 1.71. The van der Waals surface area contributed by atoms with Crippen molar-refractivity contribution in [2.24, 2.45) is 0 Å². The van der Waals surface area contributed by atoms with Crippen molar-refractivity contribution < 1.29 is 19.5 Å². The Morgan fingerprint density at radius 3 is 2.40 bits per heavy atom. The van der Waals surface area contributed by atoms with Crippen molar-refractivity contribution in [3.05, 3.63) is 0 Å². The van der Waals surface area contributed by atoms with Crippen LogP contribution in [0.2, 0.25) is 0 Å². The van der Waals surface area contributed by atoms with Crippen LogP contribution in [0.3, 0.4) is 0 Å². The average Bonchev–Trinajstić information content (AvgIpc) is 2.41. The summed E-state index contributed by atoms with van der Waals surface area (Å²) in [5.41, 5.74) is 0. The summed E-state index contributed by atoms with van der Waals surface area (Å²) in [5.74, 6) is -0.827. The van der Waals surface area contributed by atoms with Gasteiger partial charge in [-0.05, 0) is 24.9 Å². The van der Waals surface area contributed by atoms with Gasteiger partial charge in [-0.2, -0.15) is 11.8 Å². The molecule has 20 heavy (non-hydrogen) atoms. The van der Waals surface area contributed by atoms with E-state index in [1.165, 1.54) is 4.90 Å². The predicted molar refractivity (Wildman–Crippen MR) is 79.7 cm³/mol. The molecule has 1 atom stereocenters. The molecule has 0 aromatic carbocycles. The van der Waals surface area contributed by atoms with Crippen LogP contribution in [0.1, 0.15) is 33.1 Å². The van der Waals surface area contributed by atoms with E-state index < -0.39 is 12.0 Å². The van der Waals surface area contributed by atoms with Crippen molar-refractivity contribution in [3.8, 4) is 0 Å². The van der Waals surface area contributed by atoms with Gasteiger partial charge in [0.15, 0.2) is 0 Å². The predicted octanol–water partition coefficient (Wildman–Crippen LogP) is 0.957. The summed E-state index contributed by atoms with van der Waals surface area (Å²) in [6, 6.07) is -0.638.